The molecule has 4 aliphatic carbocycles. The van der Waals surface area contributed by atoms with Crippen LogP contribution in [-0.2, 0) is 14.3 Å². The lowest BCUT2D eigenvalue weighted by molar-refractivity contribution is -0.307. The van der Waals surface area contributed by atoms with Crippen molar-refractivity contribution in [1.82, 2.24) is 0 Å². The highest BCUT2D eigenvalue weighted by Crippen LogP contribution is 2.72. The molecular formula is C22H32O4. The van der Waals surface area contributed by atoms with Gasteiger partial charge < -0.3 is 9.84 Å². The average Bonchev–Trinajstić information content (AvgIpc) is 2.90. The molecule has 1 N–H and O–H groups in total. The predicted octanol–water partition coefficient (Wildman–Crippen LogP) is 4.07. The molecule has 0 aromatic rings. The van der Waals surface area contributed by atoms with Crippen LogP contribution >= 0.6 is 0 Å². The number of aliphatic carboxylic acids is 1. The van der Waals surface area contributed by atoms with Gasteiger partial charge in [-0.1, -0.05) is 20.8 Å². The molecule has 0 radical (unpaired) electrons. The molecule has 1 spiro atoms. The Morgan fingerprint density at radius 2 is 1.88 bits per heavy atom. The third-order valence-electron chi connectivity index (χ3n) is 9.90. The van der Waals surface area contributed by atoms with Gasteiger partial charge in [-0.05, 0) is 74.0 Å². The van der Waals surface area contributed by atoms with Crippen LogP contribution in [0, 0.1) is 40.4 Å². The Bertz CT molecular complexity index is 673. The lowest BCUT2D eigenvalue weighted by Crippen LogP contribution is -2.75. The first kappa shape index (κ1) is 17.2. The highest BCUT2D eigenvalue weighted by Gasteiger charge is 2.74. The molecule has 2 saturated heterocycles. The third kappa shape index (κ3) is 1.76. The van der Waals surface area contributed by atoms with Crippen molar-refractivity contribution in [1.29, 1.82) is 0 Å². The van der Waals surface area contributed by atoms with Crippen LogP contribution in [0.15, 0.2) is 0 Å². The molecule has 4 nitrogen and oxygen atoms in total. The number of carboxylic acids is 1. The fraction of sp³-hybridized carbons (Fsp3) is 0.909. The Balaban J connectivity index is 1.58. The van der Waals surface area contributed by atoms with Crippen molar-refractivity contribution in [3.63, 3.8) is 0 Å². The van der Waals surface area contributed by atoms with E-state index in [4.69, 9.17) is 4.74 Å². The van der Waals surface area contributed by atoms with Gasteiger partial charge in [0.05, 0.1) is 12.0 Å². The molecule has 4 saturated carbocycles. The van der Waals surface area contributed by atoms with Crippen molar-refractivity contribution in [2.45, 2.75) is 83.8 Å². The Morgan fingerprint density at radius 1 is 1.15 bits per heavy atom. The molecule has 0 aromatic carbocycles. The minimum atomic E-state index is -0.715. The maximum atomic E-state index is 13.8. The van der Waals surface area contributed by atoms with Gasteiger partial charge in [0.15, 0.2) is 5.78 Å². The predicted molar refractivity (Wildman–Crippen MR) is 96.5 cm³/mol. The number of ether oxygens (including phenoxy) is 1. The van der Waals surface area contributed by atoms with E-state index >= 15 is 0 Å². The van der Waals surface area contributed by atoms with Gasteiger partial charge in [-0.15, -0.1) is 0 Å². The Labute approximate surface area is 156 Å². The number of fused-ring (bicyclic) bond motifs is 3. The maximum absolute atomic E-state index is 13.8. The van der Waals surface area contributed by atoms with Gasteiger partial charge in [0, 0.05) is 11.8 Å². The van der Waals surface area contributed by atoms with E-state index in [1.807, 2.05) is 6.92 Å². The van der Waals surface area contributed by atoms with Crippen molar-refractivity contribution in [2.75, 3.05) is 0 Å². The molecule has 9 atom stereocenters. The second kappa shape index (κ2) is 5.12. The summed E-state index contributed by atoms with van der Waals surface area (Å²) in [6.45, 7) is 6.40. The van der Waals surface area contributed by atoms with Gasteiger partial charge in [-0.25, -0.2) is 0 Å². The highest BCUT2D eigenvalue weighted by molar-refractivity contribution is 5.91. The zero-order valence-electron chi connectivity index (χ0n) is 16.3. The minimum Gasteiger partial charge on any atom is -0.481 e. The number of ketones is 1. The smallest absolute Gasteiger partial charge is 0.306 e. The van der Waals surface area contributed by atoms with Gasteiger partial charge in [0.2, 0.25) is 0 Å². The van der Waals surface area contributed by atoms with E-state index in [1.54, 1.807) is 0 Å². The molecule has 6 fully saturated rings. The molecule has 26 heavy (non-hydrogen) atoms. The quantitative estimate of drug-likeness (QED) is 0.806. The largest absolute Gasteiger partial charge is 0.481 e. The Kier molecular flexibility index (Phi) is 3.39. The van der Waals surface area contributed by atoms with Gasteiger partial charge in [0.25, 0.3) is 0 Å². The van der Waals surface area contributed by atoms with E-state index in [0.717, 1.165) is 38.5 Å². The van der Waals surface area contributed by atoms with Crippen molar-refractivity contribution >= 4 is 11.8 Å². The summed E-state index contributed by atoms with van der Waals surface area (Å²) in [4.78, 5) is 25.5. The molecule has 4 heteroatoms. The van der Waals surface area contributed by atoms with Crippen molar-refractivity contribution < 1.29 is 19.4 Å². The molecule has 6 aliphatic rings. The summed E-state index contributed by atoms with van der Waals surface area (Å²) in [6.07, 6.45) is 8.48. The van der Waals surface area contributed by atoms with Gasteiger partial charge in [-0.3, -0.25) is 9.59 Å². The van der Waals surface area contributed by atoms with Crippen LogP contribution in [0.5, 0.6) is 0 Å². The number of hydrogen-bond donors (Lipinski definition) is 1. The van der Waals surface area contributed by atoms with E-state index < -0.39 is 11.6 Å². The van der Waals surface area contributed by atoms with Crippen LogP contribution in [0.1, 0.15) is 72.1 Å². The van der Waals surface area contributed by atoms with Gasteiger partial charge in [-0.2, -0.15) is 0 Å². The topological polar surface area (TPSA) is 63.6 Å². The SMILES string of the molecule is C[C@H](C(=O)O)[C@@H]1CC[C@@H]2[C@H]3CC[C@@H]4C[C@H]5CC[C@]4(C)[C@@]3(O5)C(=O)C[C@@]21C. The van der Waals surface area contributed by atoms with Crippen LogP contribution in [0.4, 0.5) is 0 Å². The summed E-state index contributed by atoms with van der Waals surface area (Å²) in [6, 6.07) is 0. The molecule has 2 aliphatic heterocycles. The molecule has 2 heterocycles. The maximum Gasteiger partial charge on any atom is 0.306 e. The van der Waals surface area contributed by atoms with Crippen LogP contribution in [0.2, 0.25) is 0 Å². The summed E-state index contributed by atoms with van der Waals surface area (Å²) >= 11 is 0. The first-order valence-corrected chi connectivity index (χ1v) is 10.7. The number of carbonyl (C=O) groups is 2. The molecule has 144 valence electrons. The van der Waals surface area contributed by atoms with E-state index in [-0.39, 0.29) is 28.8 Å². The van der Waals surface area contributed by atoms with E-state index in [0.29, 0.717) is 30.0 Å². The number of carboxylic acid groups (broad SMARTS) is 1. The lowest BCUT2D eigenvalue weighted by Gasteiger charge is -2.70. The molecule has 6 rings (SSSR count). The summed E-state index contributed by atoms with van der Waals surface area (Å²) < 4.78 is 6.69. The molecule has 4 bridgehead atoms. The summed E-state index contributed by atoms with van der Waals surface area (Å²) in [7, 11) is 0. The third-order valence-corrected chi connectivity index (χ3v) is 9.90. The Hall–Kier alpha value is -0.900. The number of hydrogen-bond acceptors (Lipinski definition) is 3. The van der Waals surface area contributed by atoms with Gasteiger partial charge in [0.1, 0.15) is 5.60 Å². The van der Waals surface area contributed by atoms with E-state index in [1.165, 1.54) is 6.42 Å². The normalized spacial score (nSPS) is 56.0. The highest BCUT2D eigenvalue weighted by atomic mass is 16.5. The molecule has 0 unspecified atom stereocenters. The fourth-order valence-corrected chi connectivity index (χ4v) is 8.65. The fourth-order valence-electron chi connectivity index (χ4n) is 8.65. The second-order valence-electron chi connectivity index (χ2n) is 10.6. The van der Waals surface area contributed by atoms with Crippen LogP contribution in [0.25, 0.3) is 0 Å². The van der Waals surface area contributed by atoms with E-state index in [2.05, 4.69) is 13.8 Å². The molecule has 0 amide bonds. The molecule has 0 aromatic heterocycles. The summed E-state index contributed by atoms with van der Waals surface area (Å²) in [5.41, 5.74) is -0.740. The van der Waals surface area contributed by atoms with Crippen molar-refractivity contribution in [3.8, 4) is 0 Å². The van der Waals surface area contributed by atoms with Crippen LogP contribution in [0.3, 0.4) is 0 Å². The summed E-state index contributed by atoms with van der Waals surface area (Å²) in [5, 5.41) is 9.60. The first-order valence-electron chi connectivity index (χ1n) is 10.7. The summed E-state index contributed by atoms with van der Waals surface area (Å²) in [5.74, 6) is 0.693. The van der Waals surface area contributed by atoms with Crippen LogP contribution < -0.4 is 0 Å². The molecular weight excluding hydrogens is 328 g/mol. The zero-order chi connectivity index (χ0) is 18.5. The van der Waals surface area contributed by atoms with E-state index in [9.17, 15) is 14.7 Å². The van der Waals surface area contributed by atoms with Crippen LogP contribution in [-0.4, -0.2) is 28.6 Å². The second-order valence-corrected chi connectivity index (χ2v) is 10.6. The number of Topliss-reactive ketones (excluding diaryl/α,β-unsaturated/α-hetero) is 1. The lowest BCUT2D eigenvalue weighted by atomic mass is 9.40. The first-order chi connectivity index (χ1) is 12.2. The average molecular weight is 360 g/mol. The monoisotopic (exact) mass is 360 g/mol. The van der Waals surface area contributed by atoms with Gasteiger partial charge >= 0.3 is 5.97 Å². The standard InChI is InChI=1S/C22H32O4/c1-12(19(24)25)15-6-7-16-17-5-4-13-10-14-8-9-21(13,3)22(17,26-14)18(23)11-20(15,16)2/h12-17H,4-11H2,1-3H3,(H,24,25)/t12-,13+,14+,15-,16+,17+,20+,21-,22-/m0/s1. The minimum absolute atomic E-state index is 0.000416. The van der Waals surface area contributed by atoms with Crippen molar-refractivity contribution in [3.05, 3.63) is 0 Å². The number of rotatable bonds is 2. The zero-order valence-corrected chi connectivity index (χ0v) is 16.3. The Morgan fingerprint density at radius 3 is 2.62 bits per heavy atom. The van der Waals surface area contributed by atoms with Crippen molar-refractivity contribution in [2.24, 2.45) is 40.4 Å². The number of carbonyl (C=O) groups excluding carboxylic acids is 1.